The van der Waals surface area contributed by atoms with E-state index in [-0.39, 0.29) is 41.7 Å². The molecule has 0 saturated carbocycles. The quantitative estimate of drug-likeness (QED) is 0.862. The van der Waals surface area contributed by atoms with Crippen LogP contribution in [0.5, 0.6) is 11.5 Å². The minimum absolute atomic E-state index is 0.0168. The lowest BCUT2D eigenvalue weighted by Crippen LogP contribution is -2.49. The van der Waals surface area contributed by atoms with Crippen molar-refractivity contribution in [2.24, 2.45) is 0 Å². The van der Waals surface area contributed by atoms with Crippen LogP contribution in [0.4, 0.5) is 0 Å². The number of aromatic hydroxyl groups is 1. The van der Waals surface area contributed by atoms with Crippen molar-refractivity contribution in [3.8, 4) is 11.5 Å². The lowest BCUT2D eigenvalue weighted by molar-refractivity contribution is -0.140. The summed E-state index contributed by atoms with van der Waals surface area (Å²) in [6, 6.07) is 4.84. The Bertz CT molecular complexity index is 576. The van der Waals surface area contributed by atoms with E-state index in [1.807, 2.05) is 13.8 Å². The molecule has 1 aromatic rings. The Balaban J connectivity index is 2.00. The number of esters is 1. The number of ether oxygens (including phenoxy) is 2. The van der Waals surface area contributed by atoms with Crippen molar-refractivity contribution in [3.63, 3.8) is 0 Å². The molecule has 23 heavy (non-hydrogen) atoms. The van der Waals surface area contributed by atoms with Crippen molar-refractivity contribution in [2.45, 2.75) is 45.2 Å². The molecular weight excluding hydrogens is 298 g/mol. The first kappa shape index (κ1) is 17.1. The van der Waals surface area contributed by atoms with Gasteiger partial charge in [-0.1, -0.05) is 6.07 Å². The monoisotopic (exact) mass is 321 g/mol. The van der Waals surface area contributed by atoms with Crippen LogP contribution in [0.25, 0.3) is 0 Å². The summed E-state index contributed by atoms with van der Waals surface area (Å²) >= 11 is 0. The largest absolute Gasteiger partial charge is 0.504 e. The van der Waals surface area contributed by atoms with Crippen LogP contribution < -0.4 is 4.74 Å². The molecule has 0 bridgehead atoms. The Morgan fingerprint density at radius 3 is 2.52 bits per heavy atom. The van der Waals surface area contributed by atoms with Gasteiger partial charge in [-0.25, -0.2) is 4.79 Å². The van der Waals surface area contributed by atoms with Gasteiger partial charge in [-0.3, -0.25) is 4.79 Å². The van der Waals surface area contributed by atoms with Gasteiger partial charge in [0.2, 0.25) is 0 Å². The van der Waals surface area contributed by atoms with Crippen LogP contribution in [0.1, 0.15) is 43.5 Å². The molecule has 1 aliphatic heterocycles. The number of amides is 1. The molecule has 1 N–H and O–H groups in total. The molecule has 0 aliphatic carbocycles. The van der Waals surface area contributed by atoms with Gasteiger partial charge in [0.25, 0.3) is 5.91 Å². The van der Waals surface area contributed by atoms with Gasteiger partial charge >= 0.3 is 5.97 Å². The molecule has 0 spiro atoms. The molecule has 0 aromatic heterocycles. The number of nitrogens with zero attached hydrogens (tertiary/aromatic N) is 1. The highest BCUT2D eigenvalue weighted by Gasteiger charge is 2.29. The summed E-state index contributed by atoms with van der Waals surface area (Å²) in [5, 5.41) is 9.94. The fourth-order valence-corrected chi connectivity index (χ4v) is 3.04. The predicted molar refractivity (Wildman–Crippen MR) is 84.6 cm³/mol. The molecule has 1 fully saturated rings. The van der Waals surface area contributed by atoms with Crippen LogP contribution in [0, 0.1) is 0 Å². The number of methoxy groups -OCH3 is 1. The number of para-hydroxylation sites is 1. The first-order chi connectivity index (χ1) is 11.0. The molecule has 2 atom stereocenters. The number of carbonyl (C=O) groups excluding carboxylic acids is 2. The van der Waals surface area contributed by atoms with E-state index in [0.717, 1.165) is 19.3 Å². The van der Waals surface area contributed by atoms with Crippen molar-refractivity contribution < 1.29 is 24.2 Å². The van der Waals surface area contributed by atoms with Gasteiger partial charge in [-0.15, -0.1) is 0 Å². The molecule has 0 radical (unpaired) electrons. The first-order valence-corrected chi connectivity index (χ1v) is 7.80. The molecule has 6 nitrogen and oxygen atoms in total. The third kappa shape index (κ3) is 3.75. The average Bonchev–Trinajstić information content (AvgIpc) is 2.52. The van der Waals surface area contributed by atoms with Gasteiger partial charge in [0.1, 0.15) is 5.56 Å². The Morgan fingerprint density at radius 2 is 1.91 bits per heavy atom. The topological polar surface area (TPSA) is 76.1 Å². The Morgan fingerprint density at radius 1 is 1.26 bits per heavy atom. The predicted octanol–water partition coefficient (Wildman–Crippen LogP) is 2.35. The lowest BCUT2D eigenvalue weighted by atomic mass is 9.97. The van der Waals surface area contributed by atoms with Crippen LogP contribution >= 0.6 is 0 Å². The fraction of sp³-hybridized carbons (Fsp3) is 0.529. The number of rotatable bonds is 4. The second kappa shape index (κ2) is 7.35. The maximum Gasteiger partial charge on any atom is 0.342 e. The number of carbonyl (C=O) groups is 2. The summed E-state index contributed by atoms with van der Waals surface area (Å²) in [7, 11) is 1.40. The van der Waals surface area contributed by atoms with E-state index in [9.17, 15) is 14.7 Å². The number of benzene rings is 1. The minimum atomic E-state index is -0.743. The molecule has 1 aliphatic rings. The summed E-state index contributed by atoms with van der Waals surface area (Å²) in [5.74, 6) is -1.05. The molecule has 2 unspecified atom stereocenters. The number of phenols is 1. The zero-order chi connectivity index (χ0) is 17.0. The average molecular weight is 321 g/mol. The van der Waals surface area contributed by atoms with E-state index in [1.54, 1.807) is 11.0 Å². The van der Waals surface area contributed by atoms with E-state index >= 15 is 0 Å². The number of hydrogen-bond donors (Lipinski definition) is 1. The second-order valence-corrected chi connectivity index (χ2v) is 5.86. The number of phenolic OH excluding ortho intramolecular Hbond substituents is 1. The third-order valence-electron chi connectivity index (χ3n) is 4.25. The summed E-state index contributed by atoms with van der Waals surface area (Å²) in [6.07, 6.45) is 3.02. The number of likely N-dealkylation sites (tertiary alicyclic amines) is 1. The van der Waals surface area contributed by atoms with Crippen LogP contribution in [0.15, 0.2) is 18.2 Å². The van der Waals surface area contributed by atoms with Crippen molar-refractivity contribution in [1.82, 2.24) is 4.90 Å². The molecule has 6 heteroatoms. The third-order valence-corrected chi connectivity index (χ3v) is 4.25. The van der Waals surface area contributed by atoms with Crippen molar-refractivity contribution >= 4 is 11.9 Å². The fourth-order valence-electron chi connectivity index (χ4n) is 3.04. The SMILES string of the molecule is COc1cccc(C(=O)OCC(=O)N2C(C)CCCC2C)c1O. The van der Waals surface area contributed by atoms with Gasteiger partial charge in [-0.2, -0.15) is 0 Å². The van der Waals surface area contributed by atoms with Crippen LogP contribution in [0.3, 0.4) is 0 Å². The van der Waals surface area contributed by atoms with Crippen LogP contribution in [-0.2, 0) is 9.53 Å². The van der Waals surface area contributed by atoms with E-state index in [2.05, 4.69) is 0 Å². The zero-order valence-electron chi connectivity index (χ0n) is 13.7. The summed E-state index contributed by atoms with van der Waals surface area (Å²) in [4.78, 5) is 26.2. The van der Waals surface area contributed by atoms with Gasteiger partial charge in [-0.05, 0) is 45.2 Å². The molecule has 1 amide bonds. The second-order valence-electron chi connectivity index (χ2n) is 5.86. The molecule has 1 saturated heterocycles. The number of piperidine rings is 1. The smallest absolute Gasteiger partial charge is 0.342 e. The number of hydrogen-bond acceptors (Lipinski definition) is 5. The van der Waals surface area contributed by atoms with Gasteiger partial charge in [0, 0.05) is 12.1 Å². The zero-order valence-corrected chi connectivity index (χ0v) is 13.7. The maximum atomic E-state index is 12.3. The summed E-state index contributed by atoms with van der Waals surface area (Å²) < 4.78 is 10.0. The van der Waals surface area contributed by atoms with Crippen LogP contribution in [-0.4, -0.2) is 47.7 Å². The van der Waals surface area contributed by atoms with E-state index in [1.165, 1.54) is 19.2 Å². The van der Waals surface area contributed by atoms with E-state index in [0.29, 0.717) is 0 Å². The maximum absolute atomic E-state index is 12.3. The summed E-state index contributed by atoms with van der Waals surface area (Å²) in [5.41, 5.74) is -0.0168. The molecule has 2 rings (SSSR count). The van der Waals surface area contributed by atoms with Gasteiger partial charge in [0.15, 0.2) is 18.1 Å². The van der Waals surface area contributed by atoms with Gasteiger partial charge in [0.05, 0.1) is 7.11 Å². The highest BCUT2D eigenvalue weighted by Crippen LogP contribution is 2.30. The Labute approximate surface area is 136 Å². The standard InChI is InChI=1S/C17H23NO5/c1-11-6-4-7-12(2)18(11)15(19)10-23-17(21)13-8-5-9-14(22-3)16(13)20/h5,8-9,11-12,20H,4,6-7,10H2,1-3H3. The minimum Gasteiger partial charge on any atom is -0.504 e. The Hall–Kier alpha value is -2.24. The van der Waals surface area contributed by atoms with Crippen LogP contribution in [0.2, 0.25) is 0 Å². The summed E-state index contributed by atoms with van der Waals surface area (Å²) in [6.45, 7) is 3.68. The highest BCUT2D eigenvalue weighted by atomic mass is 16.5. The van der Waals surface area contributed by atoms with E-state index in [4.69, 9.17) is 9.47 Å². The molecule has 1 aromatic carbocycles. The lowest BCUT2D eigenvalue weighted by Gasteiger charge is -2.38. The molecule has 126 valence electrons. The van der Waals surface area contributed by atoms with Gasteiger partial charge < -0.3 is 19.5 Å². The van der Waals surface area contributed by atoms with Crippen molar-refractivity contribution in [1.29, 1.82) is 0 Å². The Kier molecular flexibility index (Phi) is 5.47. The normalized spacial score (nSPS) is 20.9. The van der Waals surface area contributed by atoms with E-state index < -0.39 is 5.97 Å². The van der Waals surface area contributed by atoms with Crippen molar-refractivity contribution in [3.05, 3.63) is 23.8 Å². The molecular formula is C17H23NO5. The van der Waals surface area contributed by atoms with Crippen molar-refractivity contribution in [2.75, 3.05) is 13.7 Å². The highest BCUT2D eigenvalue weighted by molar-refractivity contribution is 5.94. The molecule has 1 heterocycles. The first-order valence-electron chi connectivity index (χ1n) is 7.80.